The van der Waals surface area contributed by atoms with E-state index in [1.54, 1.807) is 0 Å². The van der Waals surface area contributed by atoms with Gasteiger partial charge < -0.3 is 10.1 Å². The number of aryl methyl sites for hydroxylation is 2. The lowest BCUT2D eigenvalue weighted by atomic mass is 9.97. The first-order chi connectivity index (χ1) is 12.9. The molecule has 0 aromatic heterocycles. The highest BCUT2D eigenvalue weighted by molar-refractivity contribution is 6.36. The number of amides is 2. The first-order valence-electron chi connectivity index (χ1n) is 8.62. The topological polar surface area (TPSA) is 58.6 Å². The van der Waals surface area contributed by atoms with E-state index in [1.165, 1.54) is 36.3 Å². The van der Waals surface area contributed by atoms with Gasteiger partial charge in [0, 0.05) is 12.8 Å². The Morgan fingerprint density at radius 3 is 2.37 bits per heavy atom. The van der Waals surface area contributed by atoms with Crippen LogP contribution in [0, 0.1) is 19.7 Å². The molecule has 0 atom stereocenters. The molecule has 0 saturated heterocycles. The van der Waals surface area contributed by atoms with E-state index in [4.69, 9.17) is 4.74 Å². The van der Waals surface area contributed by atoms with Gasteiger partial charge in [-0.05, 0) is 49.2 Å². The summed E-state index contributed by atoms with van der Waals surface area (Å²) in [4.78, 5) is 27.1. The van der Waals surface area contributed by atoms with Crippen LogP contribution in [0.15, 0.2) is 48.2 Å². The average molecular weight is 368 g/mol. The summed E-state index contributed by atoms with van der Waals surface area (Å²) in [6.45, 7) is 4.29. The van der Waals surface area contributed by atoms with Crippen molar-refractivity contribution >= 4 is 23.1 Å². The summed E-state index contributed by atoms with van der Waals surface area (Å²) in [5.74, 6) is -1.16. The number of halogens is 1. The normalized spacial score (nSPS) is 14.3. The molecule has 0 fully saturated rings. The SMILES string of the molecule is COCCN1C(=O)C(Nc2ccc(F)cc2)=C(c2ccc(C)cc2C)C1=O. The first-order valence-corrected chi connectivity index (χ1v) is 8.62. The van der Waals surface area contributed by atoms with Crippen molar-refractivity contribution in [2.75, 3.05) is 25.6 Å². The van der Waals surface area contributed by atoms with Crippen LogP contribution in [0.2, 0.25) is 0 Å². The van der Waals surface area contributed by atoms with Crippen LogP contribution in [0.4, 0.5) is 10.1 Å². The van der Waals surface area contributed by atoms with Gasteiger partial charge in [-0.1, -0.05) is 23.8 Å². The van der Waals surface area contributed by atoms with Crippen molar-refractivity contribution in [2.24, 2.45) is 0 Å². The molecule has 0 aliphatic carbocycles. The van der Waals surface area contributed by atoms with Gasteiger partial charge in [-0.25, -0.2) is 4.39 Å². The summed E-state index contributed by atoms with van der Waals surface area (Å²) in [7, 11) is 1.52. The molecule has 0 radical (unpaired) electrons. The Kier molecular flexibility index (Phi) is 5.37. The smallest absolute Gasteiger partial charge is 0.278 e. The number of benzene rings is 2. The van der Waals surface area contributed by atoms with Crippen LogP contribution in [0.25, 0.3) is 5.57 Å². The summed E-state index contributed by atoms with van der Waals surface area (Å²) >= 11 is 0. The van der Waals surface area contributed by atoms with Crippen molar-refractivity contribution in [1.29, 1.82) is 0 Å². The van der Waals surface area contributed by atoms with Crippen LogP contribution in [0.5, 0.6) is 0 Å². The number of rotatable bonds is 6. The van der Waals surface area contributed by atoms with Gasteiger partial charge >= 0.3 is 0 Å². The first kappa shape index (κ1) is 18.8. The Morgan fingerprint density at radius 1 is 1.04 bits per heavy atom. The molecule has 2 aromatic rings. The molecule has 0 spiro atoms. The third-order valence-electron chi connectivity index (χ3n) is 4.45. The third-order valence-corrected chi connectivity index (χ3v) is 4.45. The summed E-state index contributed by atoms with van der Waals surface area (Å²) in [5.41, 5.74) is 3.70. The van der Waals surface area contributed by atoms with Gasteiger partial charge in [-0.15, -0.1) is 0 Å². The minimum atomic E-state index is -0.420. The molecule has 140 valence electrons. The van der Waals surface area contributed by atoms with Crippen molar-refractivity contribution in [3.63, 3.8) is 0 Å². The number of imide groups is 1. The Hall–Kier alpha value is -2.99. The van der Waals surface area contributed by atoms with Crippen molar-refractivity contribution < 1.29 is 18.7 Å². The van der Waals surface area contributed by atoms with Crippen LogP contribution in [0.3, 0.4) is 0 Å². The van der Waals surface area contributed by atoms with Crippen molar-refractivity contribution in [1.82, 2.24) is 4.90 Å². The number of ether oxygens (including phenoxy) is 1. The highest BCUT2D eigenvalue weighted by atomic mass is 19.1. The van der Waals surface area contributed by atoms with Crippen LogP contribution < -0.4 is 5.32 Å². The van der Waals surface area contributed by atoms with Gasteiger partial charge in [-0.2, -0.15) is 0 Å². The Balaban J connectivity index is 2.07. The van der Waals surface area contributed by atoms with E-state index in [9.17, 15) is 14.0 Å². The highest BCUT2D eigenvalue weighted by Crippen LogP contribution is 2.32. The van der Waals surface area contributed by atoms with E-state index >= 15 is 0 Å². The summed E-state index contributed by atoms with van der Waals surface area (Å²) in [6, 6.07) is 11.4. The molecular weight excluding hydrogens is 347 g/mol. The number of anilines is 1. The summed E-state index contributed by atoms with van der Waals surface area (Å²) in [5, 5.41) is 3.01. The molecule has 0 saturated carbocycles. The number of carbonyl (C=O) groups excluding carboxylic acids is 2. The number of nitrogens with zero attached hydrogens (tertiary/aromatic N) is 1. The van der Waals surface area contributed by atoms with Gasteiger partial charge in [0.15, 0.2) is 0 Å². The molecule has 5 nitrogen and oxygen atoms in total. The van der Waals surface area contributed by atoms with E-state index < -0.39 is 5.91 Å². The number of hydrogen-bond donors (Lipinski definition) is 1. The molecule has 2 aromatic carbocycles. The summed E-state index contributed by atoms with van der Waals surface area (Å²) in [6.07, 6.45) is 0. The maximum atomic E-state index is 13.2. The number of hydrogen-bond acceptors (Lipinski definition) is 4. The van der Waals surface area contributed by atoms with Gasteiger partial charge in [-0.3, -0.25) is 14.5 Å². The maximum Gasteiger partial charge on any atom is 0.278 e. The molecule has 27 heavy (non-hydrogen) atoms. The molecule has 1 aliphatic rings. The van der Waals surface area contributed by atoms with Gasteiger partial charge in [0.1, 0.15) is 11.5 Å². The number of carbonyl (C=O) groups is 2. The van der Waals surface area contributed by atoms with Gasteiger partial charge in [0.2, 0.25) is 0 Å². The fourth-order valence-electron chi connectivity index (χ4n) is 3.10. The monoisotopic (exact) mass is 368 g/mol. The molecule has 6 heteroatoms. The third kappa shape index (κ3) is 3.75. The minimum absolute atomic E-state index is 0.164. The Labute approximate surface area is 157 Å². The van der Waals surface area contributed by atoms with Crippen molar-refractivity contribution in [3.05, 3.63) is 70.7 Å². The van der Waals surface area contributed by atoms with E-state index in [-0.39, 0.29) is 30.6 Å². The fraction of sp³-hybridized carbons (Fsp3) is 0.238. The van der Waals surface area contributed by atoms with E-state index in [0.29, 0.717) is 16.8 Å². The summed E-state index contributed by atoms with van der Waals surface area (Å²) < 4.78 is 18.2. The van der Waals surface area contributed by atoms with Crippen molar-refractivity contribution in [3.8, 4) is 0 Å². The van der Waals surface area contributed by atoms with E-state index in [0.717, 1.165) is 11.1 Å². The lowest BCUT2D eigenvalue weighted by Crippen LogP contribution is -2.35. The zero-order chi connectivity index (χ0) is 19.6. The number of nitrogens with one attached hydrogen (secondary N) is 1. The van der Waals surface area contributed by atoms with Gasteiger partial charge in [0.25, 0.3) is 11.8 Å². The molecule has 1 heterocycles. The molecule has 1 aliphatic heterocycles. The second kappa shape index (κ2) is 7.72. The molecular formula is C21H21FN2O3. The molecule has 0 unspecified atom stereocenters. The highest BCUT2D eigenvalue weighted by Gasteiger charge is 2.39. The zero-order valence-corrected chi connectivity index (χ0v) is 15.5. The van der Waals surface area contributed by atoms with Crippen LogP contribution in [-0.2, 0) is 14.3 Å². The second-order valence-electron chi connectivity index (χ2n) is 6.46. The van der Waals surface area contributed by atoms with Crippen LogP contribution >= 0.6 is 0 Å². The number of methoxy groups -OCH3 is 1. The van der Waals surface area contributed by atoms with Gasteiger partial charge in [0.05, 0.1) is 18.7 Å². The largest absolute Gasteiger partial charge is 0.383 e. The molecule has 2 amide bonds. The average Bonchev–Trinajstić information content (AvgIpc) is 2.86. The molecule has 3 rings (SSSR count). The Bertz CT molecular complexity index is 920. The minimum Gasteiger partial charge on any atom is -0.383 e. The quantitative estimate of drug-likeness (QED) is 0.795. The second-order valence-corrected chi connectivity index (χ2v) is 6.46. The Morgan fingerprint density at radius 2 is 1.74 bits per heavy atom. The predicted molar refractivity (Wildman–Crippen MR) is 101 cm³/mol. The molecule has 1 N–H and O–H groups in total. The van der Waals surface area contributed by atoms with Crippen LogP contribution in [0.1, 0.15) is 16.7 Å². The standard InChI is InChI=1S/C21H21FN2O3/c1-13-4-9-17(14(2)12-13)18-19(23-16-7-5-15(22)6-8-16)21(26)24(20(18)25)10-11-27-3/h4-9,12,23H,10-11H2,1-3H3. The lowest BCUT2D eigenvalue weighted by molar-refractivity contribution is -0.137. The predicted octanol–water partition coefficient (Wildman–Crippen LogP) is 3.28. The lowest BCUT2D eigenvalue weighted by Gasteiger charge is -2.14. The fourth-order valence-corrected chi connectivity index (χ4v) is 3.10. The van der Waals surface area contributed by atoms with E-state index in [2.05, 4.69) is 5.32 Å². The maximum absolute atomic E-state index is 13.2. The molecule has 0 bridgehead atoms. The van der Waals surface area contributed by atoms with E-state index in [1.807, 2.05) is 32.0 Å². The van der Waals surface area contributed by atoms with Crippen LogP contribution in [-0.4, -0.2) is 37.0 Å². The zero-order valence-electron chi connectivity index (χ0n) is 15.5. The van der Waals surface area contributed by atoms with Crippen molar-refractivity contribution in [2.45, 2.75) is 13.8 Å².